The van der Waals surface area contributed by atoms with E-state index in [0.29, 0.717) is 5.41 Å². The van der Waals surface area contributed by atoms with Gasteiger partial charge in [0, 0.05) is 13.1 Å². The molecule has 0 radical (unpaired) electrons. The molecule has 1 heterocycles. The van der Waals surface area contributed by atoms with Crippen LogP contribution < -0.4 is 10.6 Å². The van der Waals surface area contributed by atoms with E-state index in [1.165, 1.54) is 25.9 Å². The van der Waals surface area contributed by atoms with Gasteiger partial charge in [0.1, 0.15) is 0 Å². The van der Waals surface area contributed by atoms with E-state index in [2.05, 4.69) is 17.6 Å². The van der Waals surface area contributed by atoms with Crippen LogP contribution in [-0.2, 0) is 0 Å². The van der Waals surface area contributed by atoms with Crippen LogP contribution in [0.1, 0.15) is 33.6 Å². The topological polar surface area (TPSA) is 24.1 Å². The Morgan fingerprint density at radius 2 is 2.08 bits per heavy atom. The summed E-state index contributed by atoms with van der Waals surface area (Å²) in [5.74, 6) is 0. The highest BCUT2D eigenvalue weighted by molar-refractivity contribution is 4.87. The summed E-state index contributed by atoms with van der Waals surface area (Å²) in [6.45, 7) is 9.85. The Bertz CT molecular complexity index is 96.0. The van der Waals surface area contributed by atoms with Gasteiger partial charge in [-0.1, -0.05) is 20.8 Å². The maximum Gasteiger partial charge on any atom is 0.00204 e. The van der Waals surface area contributed by atoms with Gasteiger partial charge in [-0.15, -0.1) is 0 Å². The first-order valence-electron chi connectivity index (χ1n) is 5.18. The molecular formula is C10H24N2. The zero-order valence-electron chi connectivity index (χ0n) is 9.04. The molecule has 0 bridgehead atoms. The molecule has 0 aromatic carbocycles. The fourth-order valence-corrected chi connectivity index (χ4v) is 1.75. The van der Waals surface area contributed by atoms with Crippen LogP contribution in [0.15, 0.2) is 0 Å². The average Bonchev–Trinajstić information content (AvgIpc) is 2.58. The quantitative estimate of drug-likeness (QED) is 0.676. The van der Waals surface area contributed by atoms with Crippen LogP contribution >= 0.6 is 0 Å². The predicted molar refractivity (Wildman–Crippen MR) is 55.5 cm³/mol. The third kappa shape index (κ3) is 3.11. The van der Waals surface area contributed by atoms with Crippen molar-refractivity contribution in [2.45, 2.75) is 33.6 Å². The molecule has 0 amide bonds. The van der Waals surface area contributed by atoms with E-state index in [4.69, 9.17) is 0 Å². The third-order valence-corrected chi connectivity index (χ3v) is 2.63. The van der Waals surface area contributed by atoms with Crippen molar-refractivity contribution in [3.8, 4) is 0 Å². The van der Waals surface area contributed by atoms with E-state index >= 15 is 0 Å². The molecule has 1 rings (SSSR count). The number of nitrogens with one attached hydrogen (secondary N) is 2. The van der Waals surface area contributed by atoms with Gasteiger partial charge in [0.05, 0.1) is 0 Å². The smallest absolute Gasteiger partial charge is 0.00204 e. The molecule has 1 unspecified atom stereocenters. The fourth-order valence-electron chi connectivity index (χ4n) is 1.75. The molecule has 0 aromatic rings. The van der Waals surface area contributed by atoms with Crippen LogP contribution in [0.2, 0.25) is 0 Å². The largest absolute Gasteiger partial charge is 0.319 e. The van der Waals surface area contributed by atoms with Crippen LogP contribution in [0.3, 0.4) is 0 Å². The Kier molecular flexibility index (Phi) is 6.39. The average molecular weight is 172 g/mol. The monoisotopic (exact) mass is 172 g/mol. The van der Waals surface area contributed by atoms with Crippen molar-refractivity contribution < 1.29 is 0 Å². The van der Waals surface area contributed by atoms with Crippen LogP contribution in [-0.4, -0.2) is 26.7 Å². The van der Waals surface area contributed by atoms with Gasteiger partial charge in [-0.05, 0) is 31.8 Å². The molecule has 1 aliphatic rings. The normalized spacial score (nSPS) is 28.0. The summed E-state index contributed by atoms with van der Waals surface area (Å²) in [4.78, 5) is 0. The van der Waals surface area contributed by atoms with Crippen molar-refractivity contribution in [1.82, 2.24) is 10.6 Å². The summed E-state index contributed by atoms with van der Waals surface area (Å²) in [6.07, 6.45) is 2.63. The van der Waals surface area contributed by atoms with Gasteiger partial charge in [-0.2, -0.15) is 0 Å². The number of hydrogen-bond acceptors (Lipinski definition) is 2. The first-order valence-corrected chi connectivity index (χ1v) is 5.18. The molecule has 0 aliphatic carbocycles. The SMILES string of the molecule is CC.CCC1(CNC)CCNC1. The molecule has 2 N–H and O–H groups in total. The van der Waals surface area contributed by atoms with E-state index in [9.17, 15) is 0 Å². The van der Waals surface area contributed by atoms with Crippen molar-refractivity contribution >= 4 is 0 Å². The molecule has 74 valence electrons. The van der Waals surface area contributed by atoms with Crippen molar-refractivity contribution in [3.05, 3.63) is 0 Å². The fraction of sp³-hybridized carbons (Fsp3) is 1.00. The Morgan fingerprint density at radius 3 is 2.42 bits per heavy atom. The highest BCUT2D eigenvalue weighted by Crippen LogP contribution is 2.27. The third-order valence-electron chi connectivity index (χ3n) is 2.63. The van der Waals surface area contributed by atoms with Crippen LogP contribution in [0.25, 0.3) is 0 Å². The Balaban J connectivity index is 0.000000561. The maximum absolute atomic E-state index is 3.41. The van der Waals surface area contributed by atoms with Crippen molar-refractivity contribution in [3.63, 3.8) is 0 Å². The Labute approximate surface area is 77.1 Å². The molecule has 1 atom stereocenters. The molecule has 2 heteroatoms. The van der Waals surface area contributed by atoms with E-state index in [0.717, 1.165) is 6.54 Å². The second kappa shape index (κ2) is 6.44. The lowest BCUT2D eigenvalue weighted by Crippen LogP contribution is -2.33. The number of rotatable bonds is 3. The highest BCUT2D eigenvalue weighted by atomic mass is 15.0. The standard InChI is InChI=1S/C8H18N2.C2H6/c1-3-8(6-9-2)4-5-10-7-8;1-2/h9-10H,3-7H2,1-2H3;1-2H3. The summed E-state index contributed by atoms with van der Waals surface area (Å²) in [7, 11) is 2.04. The van der Waals surface area contributed by atoms with Crippen molar-refractivity contribution in [1.29, 1.82) is 0 Å². The van der Waals surface area contributed by atoms with Gasteiger partial charge in [0.25, 0.3) is 0 Å². The van der Waals surface area contributed by atoms with E-state index < -0.39 is 0 Å². The molecule has 1 fully saturated rings. The highest BCUT2D eigenvalue weighted by Gasteiger charge is 2.30. The molecule has 1 saturated heterocycles. The molecule has 2 nitrogen and oxygen atoms in total. The Morgan fingerprint density at radius 1 is 1.42 bits per heavy atom. The van der Waals surface area contributed by atoms with Gasteiger partial charge in [0.15, 0.2) is 0 Å². The van der Waals surface area contributed by atoms with Crippen LogP contribution in [0, 0.1) is 5.41 Å². The van der Waals surface area contributed by atoms with Gasteiger partial charge in [-0.3, -0.25) is 0 Å². The Hall–Kier alpha value is -0.0800. The molecule has 0 spiro atoms. The second-order valence-corrected chi connectivity index (χ2v) is 3.31. The summed E-state index contributed by atoms with van der Waals surface area (Å²) in [5.41, 5.74) is 0.564. The second-order valence-electron chi connectivity index (χ2n) is 3.31. The van der Waals surface area contributed by atoms with Crippen molar-refractivity contribution in [2.75, 3.05) is 26.7 Å². The van der Waals surface area contributed by atoms with Gasteiger partial charge in [-0.25, -0.2) is 0 Å². The zero-order valence-corrected chi connectivity index (χ0v) is 9.04. The lowest BCUT2D eigenvalue weighted by Gasteiger charge is -2.25. The van der Waals surface area contributed by atoms with E-state index in [1.54, 1.807) is 0 Å². The summed E-state index contributed by atoms with van der Waals surface area (Å²) in [6, 6.07) is 0. The maximum atomic E-state index is 3.41. The number of hydrogen-bond donors (Lipinski definition) is 2. The molecule has 0 aromatic heterocycles. The predicted octanol–water partition coefficient (Wildman–Crippen LogP) is 1.62. The lowest BCUT2D eigenvalue weighted by molar-refractivity contribution is 0.300. The van der Waals surface area contributed by atoms with Gasteiger partial charge >= 0.3 is 0 Å². The van der Waals surface area contributed by atoms with Crippen LogP contribution in [0.5, 0.6) is 0 Å². The summed E-state index contributed by atoms with van der Waals surface area (Å²) < 4.78 is 0. The summed E-state index contributed by atoms with van der Waals surface area (Å²) in [5, 5.41) is 6.67. The first kappa shape index (κ1) is 11.9. The zero-order chi connectivity index (χ0) is 9.45. The van der Waals surface area contributed by atoms with Gasteiger partial charge < -0.3 is 10.6 Å². The molecule has 0 saturated carbocycles. The summed E-state index contributed by atoms with van der Waals surface area (Å²) >= 11 is 0. The minimum atomic E-state index is 0.564. The molecule has 1 aliphatic heterocycles. The minimum Gasteiger partial charge on any atom is -0.319 e. The van der Waals surface area contributed by atoms with Gasteiger partial charge in [0.2, 0.25) is 0 Å². The van der Waals surface area contributed by atoms with E-state index in [1.807, 2.05) is 20.9 Å². The minimum absolute atomic E-state index is 0.564. The molecular weight excluding hydrogens is 148 g/mol. The molecule has 12 heavy (non-hydrogen) atoms. The van der Waals surface area contributed by atoms with Crippen LogP contribution in [0.4, 0.5) is 0 Å². The van der Waals surface area contributed by atoms with Crippen molar-refractivity contribution in [2.24, 2.45) is 5.41 Å². The first-order chi connectivity index (χ1) is 5.83. The lowest BCUT2D eigenvalue weighted by atomic mass is 9.84. The van der Waals surface area contributed by atoms with E-state index in [-0.39, 0.29) is 0 Å².